The molecule has 0 radical (unpaired) electrons. The topological polar surface area (TPSA) is 44.1 Å². The first-order valence-corrected chi connectivity index (χ1v) is 8.44. The fraction of sp³-hybridized carbons (Fsp3) is 0.0909. The molecule has 0 aliphatic heterocycles. The summed E-state index contributed by atoms with van der Waals surface area (Å²) in [5, 5.41) is 0. The third-order valence-corrected chi connectivity index (χ3v) is 4.38. The summed E-state index contributed by atoms with van der Waals surface area (Å²) in [6, 6.07) is 24.9. The second kappa shape index (κ2) is 6.84. The van der Waals surface area contributed by atoms with Gasteiger partial charge in [0.05, 0.1) is 24.7 Å². The SMILES string of the molecule is COc1cccc(-c2nc3ccccc3n2CC(=O)c2ccccc2)c1. The Morgan fingerprint density at radius 1 is 0.962 bits per heavy atom. The van der Waals surface area contributed by atoms with Gasteiger partial charge in [0.2, 0.25) is 0 Å². The predicted molar refractivity (Wildman–Crippen MR) is 102 cm³/mol. The fourth-order valence-electron chi connectivity index (χ4n) is 3.08. The third-order valence-electron chi connectivity index (χ3n) is 4.38. The molecule has 1 heterocycles. The van der Waals surface area contributed by atoms with Crippen LogP contribution in [0.15, 0.2) is 78.9 Å². The fourth-order valence-corrected chi connectivity index (χ4v) is 3.08. The van der Waals surface area contributed by atoms with Crippen molar-refractivity contribution in [2.45, 2.75) is 6.54 Å². The van der Waals surface area contributed by atoms with Crippen molar-refractivity contribution in [1.82, 2.24) is 9.55 Å². The number of ketones is 1. The summed E-state index contributed by atoms with van der Waals surface area (Å²) < 4.78 is 7.31. The molecule has 4 rings (SSSR count). The number of carbonyl (C=O) groups is 1. The number of hydrogen-bond donors (Lipinski definition) is 0. The Morgan fingerprint density at radius 2 is 1.73 bits per heavy atom. The van der Waals surface area contributed by atoms with Crippen LogP contribution in [0.4, 0.5) is 0 Å². The second-order valence-electron chi connectivity index (χ2n) is 6.03. The molecule has 4 aromatic rings. The molecule has 3 aromatic carbocycles. The number of imidazole rings is 1. The Hall–Kier alpha value is -3.40. The minimum Gasteiger partial charge on any atom is -0.497 e. The van der Waals surface area contributed by atoms with E-state index >= 15 is 0 Å². The molecule has 0 saturated carbocycles. The maximum Gasteiger partial charge on any atom is 0.182 e. The zero-order valence-electron chi connectivity index (χ0n) is 14.4. The molecule has 0 N–H and O–H groups in total. The highest BCUT2D eigenvalue weighted by Gasteiger charge is 2.16. The minimum absolute atomic E-state index is 0.0536. The number of nitrogens with zero attached hydrogens (tertiary/aromatic N) is 2. The van der Waals surface area contributed by atoms with E-state index in [1.807, 2.05) is 83.4 Å². The molecule has 0 saturated heterocycles. The Labute approximate surface area is 151 Å². The molecule has 1 aromatic heterocycles. The van der Waals surface area contributed by atoms with Crippen LogP contribution in [-0.4, -0.2) is 22.4 Å². The largest absolute Gasteiger partial charge is 0.497 e. The molecule has 0 bridgehead atoms. The Balaban J connectivity index is 1.83. The number of benzene rings is 3. The maximum absolute atomic E-state index is 12.8. The van der Waals surface area contributed by atoms with Gasteiger partial charge in [-0.2, -0.15) is 0 Å². The van der Waals surface area contributed by atoms with Crippen LogP contribution in [0.1, 0.15) is 10.4 Å². The molecule has 0 atom stereocenters. The van der Waals surface area contributed by atoms with E-state index in [0.29, 0.717) is 5.56 Å². The van der Waals surface area contributed by atoms with Crippen molar-refractivity contribution in [3.05, 3.63) is 84.4 Å². The first-order chi connectivity index (χ1) is 12.8. The molecule has 4 nitrogen and oxygen atoms in total. The van der Waals surface area contributed by atoms with Crippen LogP contribution in [0.25, 0.3) is 22.4 Å². The lowest BCUT2D eigenvalue weighted by Gasteiger charge is -2.10. The summed E-state index contributed by atoms with van der Waals surface area (Å²) in [4.78, 5) is 17.5. The molecule has 0 aliphatic rings. The van der Waals surface area contributed by atoms with E-state index in [0.717, 1.165) is 28.2 Å². The van der Waals surface area contributed by atoms with Crippen LogP contribution in [0.5, 0.6) is 5.75 Å². The van der Waals surface area contributed by atoms with Crippen LogP contribution in [0.3, 0.4) is 0 Å². The maximum atomic E-state index is 12.8. The Kier molecular flexibility index (Phi) is 4.23. The van der Waals surface area contributed by atoms with E-state index in [1.54, 1.807) is 7.11 Å². The molecule has 4 heteroatoms. The summed E-state index contributed by atoms with van der Waals surface area (Å²) in [6.45, 7) is 0.233. The van der Waals surface area contributed by atoms with Crippen molar-refractivity contribution < 1.29 is 9.53 Å². The van der Waals surface area contributed by atoms with E-state index in [2.05, 4.69) is 0 Å². The predicted octanol–water partition coefficient (Wildman–Crippen LogP) is 4.59. The van der Waals surface area contributed by atoms with E-state index in [9.17, 15) is 4.79 Å². The highest BCUT2D eigenvalue weighted by atomic mass is 16.5. The Bertz CT molecular complexity index is 1070. The number of Topliss-reactive ketones (excluding diaryl/α,β-unsaturated/α-hetero) is 1. The number of methoxy groups -OCH3 is 1. The van der Waals surface area contributed by atoms with Gasteiger partial charge in [-0.15, -0.1) is 0 Å². The van der Waals surface area contributed by atoms with E-state index in [-0.39, 0.29) is 12.3 Å². The van der Waals surface area contributed by atoms with Crippen LogP contribution in [0.2, 0.25) is 0 Å². The third kappa shape index (κ3) is 2.97. The molecule has 128 valence electrons. The van der Waals surface area contributed by atoms with Gasteiger partial charge >= 0.3 is 0 Å². The smallest absolute Gasteiger partial charge is 0.182 e. The number of ether oxygens (including phenoxy) is 1. The summed E-state index contributed by atoms with van der Waals surface area (Å²) in [5.41, 5.74) is 3.42. The van der Waals surface area contributed by atoms with E-state index < -0.39 is 0 Å². The zero-order valence-corrected chi connectivity index (χ0v) is 14.4. The highest BCUT2D eigenvalue weighted by Crippen LogP contribution is 2.27. The standard InChI is InChI=1S/C22H18N2O2/c1-26-18-11-7-10-17(14-18)22-23-19-12-5-6-13-20(19)24(22)15-21(25)16-8-3-2-4-9-16/h2-14H,15H2,1H3. The normalized spacial score (nSPS) is 10.8. The number of rotatable bonds is 5. The van der Waals surface area contributed by atoms with Gasteiger partial charge in [0.1, 0.15) is 11.6 Å². The van der Waals surface area contributed by atoms with Crippen molar-refractivity contribution >= 4 is 16.8 Å². The number of para-hydroxylation sites is 2. The number of carbonyl (C=O) groups excluding carboxylic acids is 1. The van der Waals surface area contributed by atoms with Crippen molar-refractivity contribution in [2.24, 2.45) is 0 Å². The molecule has 0 fully saturated rings. The molecule has 26 heavy (non-hydrogen) atoms. The first-order valence-electron chi connectivity index (χ1n) is 8.44. The zero-order chi connectivity index (χ0) is 17.9. The monoisotopic (exact) mass is 342 g/mol. The highest BCUT2D eigenvalue weighted by molar-refractivity contribution is 5.97. The van der Waals surface area contributed by atoms with E-state index in [4.69, 9.17) is 9.72 Å². The summed E-state index contributed by atoms with van der Waals surface area (Å²) in [6.07, 6.45) is 0. The average molecular weight is 342 g/mol. The van der Waals surface area contributed by atoms with Crippen LogP contribution < -0.4 is 4.74 Å². The van der Waals surface area contributed by atoms with Gasteiger partial charge in [-0.05, 0) is 24.3 Å². The molecule has 0 spiro atoms. The summed E-state index contributed by atoms with van der Waals surface area (Å²) >= 11 is 0. The molecule has 0 unspecified atom stereocenters. The minimum atomic E-state index is 0.0536. The van der Waals surface area contributed by atoms with Gasteiger partial charge in [-0.3, -0.25) is 4.79 Å². The van der Waals surface area contributed by atoms with E-state index in [1.165, 1.54) is 0 Å². The number of hydrogen-bond acceptors (Lipinski definition) is 3. The van der Waals surface area contributed by atoms with Crippen molar-refractivity contribution in [3.63, 3.8) is 0 Å². The average Bonchev–Trinajstić information content (AvgIpc) is 3.07. The molecule has 0 aliphatic carbocycles. The van der Waals surface area contributed by atoms with Gasteiger partial charge in [-0.1, -0.05) is 54.6 Å². The second-order valence-corrected chi connectivity index (χ2v) is 6.03. The lowest BCUT2D eigenvalue weighted by Crippen LogP contribution is -2.11. The quantitative estimate of drug-likeness (QED) is 0.498. The van der Waals surface area contributed by atoms with Gasteiger partial charge < -0.3 is 9.30 Å². The first kappa shape index (κ1) is 16.1. The van der Waals surface area contributed by atoms with Crippen LogP contribution >= 0.6 is 0 Å². The summed E-state index contributed by atoms with van der Waals surface area (Å²) in [7, 11) is 1.64. The van der Waals surface area contributed by atoms with Crippen LogP contribution in [0, 0.1) is 0 Å². The molecular weight excluding hydrogens is 324 g/mol. The van der Waals surface area contributed by atoms with Crippen LogP contribution in [-0.2, 0) is 6.54 Å². The van der Waals surface area contributed by atoms with Crippen molar-refractivity contribution in [3.8, 4) is 17.1 Å². The van der Waals surface area contributed by atoms with Crippen molar-refractivity contribution in [1.29, 1.82) is 0 Å². The van der Waals surface area contributed by atoms with Gasteiger partial charge in [0, 0.05) is 11.1 Å². The van der Waals surface area contributed by atoms with Crippen molar-refractivity contribution in [2.75, 3.05) is 7.11 Å². The lowest BCUT2D eigenvalue weighted by molar-refractivity contribution is 0.0974. The number of fused-ring (bicyclic) bond motifs is 1. The molecule has 0 amide bonds. The van der Waals surface area contributed by atoms with Gasteiger partial charge in [0.25, 0.3) is 0 Å². The Morgan fingerprint density at radius 3 is 2.54 bits per heavy atom. The van der Waals surface area contributed by atoms with Gasteiger partial charge in [0.15, 0.2) is 5.78 Å². The number of aromatic nitrogens is 2. The lowest BCUT2D eigenvalue weighted by atomic mass is 10.1. The molecular formula is C22H18N2O2. The van der Waals surface area contributed by atoms with Gasteiger partial charge in [-0.25, -0.2) is 4.98 Å². The summed E-state index contributed by atoms with van der Waals surface area (Å²) in [5.74, 6) is 1.57.